The van der Waals surface area contributed by atoms with E-state index in [-0.39, 0.29) is 17.2 Å². The van der Waals surface area contributed by atoms with Gasteiger partial charge in [-0.05, 0) is 30.2 Å². The van der Waals surface area contributed by atoms with E-state index in [2.05, 4.69) is 41.5 Å². The molecule has 1 aliphatic rings. The monoisotopic (exact) mass is 503 g/mol. The molecule has 37 heavy (non-hydrogen) atoms. The zero-order valence-electron chi connectivity index (χ0n) is 19.4. The van der Waals surface area contributed by atoms with Crippen molar-refractivity contribution in [3.63, 3.8) is 0 Å². The Kier molecular flexibility index (Phi) is 6.10. The summed E-state index contributed by atoms with van der Waals surface area (Å²) < 4.78 is 36.9. The van der Waals surface area contributed by atoms with Crippen molar-refractivity contribution >= 4 is 17.4 Å². The summed E-state index contributed by atoms with van der Waals surface area (Å²) in [5.41, 5.74) is 2.73. The van der Waals surface area contributed by atoms with E-state index in [1.807, 2.05) is 37.3 Å². The number of nitrogens with zero attached hydrogens (tertiary/aromatic N) is 5. The third kappa shape index (κ3) is 5.30. The molecule has 5 rings (SSSR count). The third-order valence-electron chi connectivity index (χ3n) is 5.47. The summed E-state index contributed by atoms with van der Waals surface area (Å²) in [5, 5.41) is 23.1. The quantitative estimate of drug-likeness (QED) is 0.389. The SMILES string of the molecule is Cc1cnc(Nc2ccc3c(c2)OC(F)(F)O3)cc1-n1cc(C(=O)NC(C#N)Cc2ccccc2)nn1. The standard InChI is InChI=1S/C25H19F2N7O3/c1-15-13-29-23(30-17-7-8-21-22(10-17)37-25(26,27)36-21)11-20(15)34-14-19(32-33-34)24(35)31-18(12-28)9-16-5-3-2-4-6-16/h2-8,10-11,13-14,18H,9H2,1H3,(H,29,30)(H,31,35). The maximum absolute atomic E-state index is 13.3. The zero-order valence-corrected chi connectivity index (χ0v) is 19.4. The number of ether oxygens (including phenoxy) is 2. The molecule has 0 aliphatic carbocycles. The molecule has 1 atom stereocenters. The third-order valence-corrected chi connectivity index (χ3v) is 5.47. The summed E-state index contributed by atoms with van der Waals surface area (Å²) in [6.45, 7) is 1.81. The number of aromatic nitrogens is 4. The lowest BCUT2D eigenvalue weighted by molar-refractivity contribution is -0.286. The van der Waals surface area contributed by atoms with Crippen LogP contribution in [0.25, 0.3) is 5.69 Å². The summed E-state index contributed by atoms with van der Waals surface area (Å²) in [6, 6.07) is 16.7. The lowest BCUT2D eigenvalue weighted by Gasteiger charge is -2.11. The van der Waals surface area contributed by atoms with E-state index < -0.39 is 18.2 Å². The smallest absolute Gasteiger partial charge is 0.395 e. The maximum Gasteiger partial charge on any atom is 0.586 e. The van der Waals surface area contributed by atoms with Crippen molar-refractivity contribution < 1.29 is 23.0 Å². The fourth-order valence-corrected chi connectivity index (χ4v) is 3.70. The highest BCUT2D eigenvalue weighted by molar-refractivity contribution is 5.92. The highest BCUT2D eigenvalue weighted by Gasteiger charge is 2.43. The number of benzene rings is 2. The van der Waals surface area contributed by atoms with Crippen molar-refractivity contribution in [2.24, 2.45) is 0 Å². The van der Waals surface area contributed by atoms with E-state index in [1.165, 1.54) is 23.0 Å². The Balaban J connectivity index is 1.30. The maximum atomic E-state index is 13.3. The van der Waals surface area contributed by atoms with E-state index >= 15 is 0 Å². The molecule has 10 nitrogen and oxygen atoms in total. The molecular formula is C25H19F2N7O3. The van der Waals surface area contributed by atoms with E-state index in [4.69, 9.17) is 0 Å². The second-order valence-corrected chi connectivity index (χ2v) is 8.20. The molecule has 12 heteroatoms. The molecule has 3 heterocycles. The van der Waals surface area contributed by atoms with E-state index in [9.17, 15) is 18.8 Å². The number of pyridine rings is 1. The van der Waals surface area contributed by atoms with Crippen LogP contribution in [0.3, 0.4) is 0 Å². The largest absolute Gasteiger partial charge is 0.586 e. The first-order valence-corrected chi connectivity index (χ1v) is 11.1. The molecule has 0 bridgehead atoms. The van der Waals surface area contributed by atoms with Gasteiger partial charge in [-0.2, -0.15) is 5.26 Å². The Bertz CT molecular complexity index is 1500. The number of nitrogens with one attached hydrogen (secondary N) is 2. The van der Waals surface area contributed by atoms with Gasteiger partial charge in [-0.1, -0.05) is 35.5 Å². The van der Waals surface area contributed by atoms with Crippen LogP contribution < -0.4 is 20.1 Å². The number of carbonyl (C=O) groups excluding carboxylic acids is 1. The first kappa shape index (κ1) is 23.7. The van der Waals surface area contributed by atoms with Gasteiger partial charge in [0.15, 0.2) is 17.2 Å². The predicted molar refractivity (Wildman–Crippen MR) is 127 cm³/mol. The van der Waals surface area contributed by atoms with Crippen LogP contribution in [-0.2, 0) is 6.42 Å². The van der Waals surface area contributed by atoms with E-state index in [0.717, 1.165) is 11.1 Å². The lowest BCUT2D eigenvalue weighted by Crippen LogP contribution is -2.35. The minimum Gasteiger partial charge on any atom is -0.395 e. The molecule has 2 N–H and O–H groups in total. The fraction of sp³-hybridized carbons (Fsp3) is 0.160. The van der Waals surface area contributed by atoms with Gasteiger partial charge in [0.1, 0.15) is 11.9 Å². The summed E-state index contributed by atoms with van der Waals surface area (Å²) in [5.74, 6) is -0.308. The van der Waals surface area contributed by atoms with Gasteiger partial charge >= 0.3 is 6.29 Å². The number of hydrogen-bond acceptors (Lipinski definition) is 8. The van der Waals surface area contributed by atoms with Gasteiger partial charge in [-0.3, -0.25) is 4.79 Å². The molecule has 2 aromatic heterocycles. The van der Waals surface area contributed by atoms with Gasteiger partial charge in [0.25, 0.3) is 5.91 Å². The van der Waals surface area contributed by atoms with E-state index in [0.29, 0.717) is 23.6 Å². The van der Waals surface area contributed by atoms with Crippen LogP contribution in [0, 0.1) is 18.3 Å². The Morgan fingerprint density at radius 3 is 2.73 bits per heavy atom. The van der Waals surface area contributed by atoms with Crippen LogP contribution in [-0.4, -0.2) is 38.2 Å². The minimum atomic E-state index is -3.71. The average Bonchev–Trinajstić information content (AvgIpc) is 3.48. The van der Waals surface area contributed by atoms with Crippen LogP contribution in [0.4, 0.5) is 20.3 Å². The Morgan fingerprint density at radius 2 is 1.95 bits per heavy atom. The summed E-state index contributed by atoms with van der Waals surface area (Å²) >= 11 is 0. The number of aryl methyl sites for hydroxylation is 1. The van der Waals surface area contributed by atoms with Gasteiger partial charge in [0.2, 0.25) is 0 Å². The van der Waals surface area contributed by atoms with Crippen LogP contribution >= 0.6 is 0 Å². The van der Waals surface area contributed by atoms with Crippen molar-refractivity contribution in [1.82, 2.24) is 25.3 Å². The number of hydrogen-bond donors (Lipinski definition) is 2. The molecule has 1 amide bonds. The number of alkyl halides is 2. The Morgan fingerprint density at radius 1 is 1.16 bits per heavy atom. The molecule has 0 radical (unpaired) electrons. The van der Waals surface area contributed by atoms with Crippen molar-refractivity contribution in [1.29, 1.82) is 5.26 Å². The van der Waals surface area contributed by atoms with Crippen molar-refractivity contribution in [3.05, 3.63) is 83.8 Å². The molecule has 0 fully saturated rings. The van der Waals surface area contributed by atoms with Gasteiger partial charge in [0.05, 0.1) is 18.0 Å². The van der Waals surface area contributed by atoms with Crippen molar-refractivity contribution in [2.45, 2.75) is 25.7 Å². The number of nitriles is 1. The van der Waals surface area contributed by atoms with Crippen LogP contribution in [0.15, 0.2) is 67.0 Å². The summed E-state index contributed by atoms with van der Waals surface area (Å²) in [4.78, 5) is 17.0. The summed E-state index contributed by atoms with van der Waals surface area (Å²) in [6.07, 6.45) is -0.317. The van der Waals surface area contributed by atoms with Crippen LogP contribution in [0.1, 0.15) is 21.6 Å². The Labute approximate surface area is 209 Å². The number of rotatable bonds is 7. The topological polar surface area (TPSA) is 127 Å². The van der Waals surface area contributed by atoms with Crippen LogP contribution in [0.5, 0.6) is 11.5 Å². The van der Waals surface area contributed by atoms with Gasteiger partial charge < -0.3 is 20.1 Å². The molecule has 4 aromatic rings. The first-order chi connectivity index (χ1) is 17.8. The highest BCUT2D eigenvalue weighted by Crippen LogP contribution is 2.42. The van der Waals surface area contributed by atoms with Gasteiger partial charge in [-0.15, -0.1) is 13.9 Å². The highest BCUT2D eigenvalue weighted by atomic mass is 19.3. The first-order valence-electron chi connectivity index (χ1n) is 11.1. The van der Waals surface area contributed by atoms with Crippen molar-refractivity contribution in [3.8, 4) is 23.3 Å². The molecule has 1 unspecified atom stereocenters. The molecule has 186 valence electrons. The average molecular weight is 503 g/mol. The molecule has 1 aliphatic heterocycles. The normalized spacial score (nSPS) is 14.0. The van der Waals surface area contributed by atoms with Crippen LogP contribution in [0.2, 0.25) is 0 Å². The molecule has 0 saturated carbocycles. The fourth-order valence-electron chi connectivity index (χ4n) is 3.70. The van der Waals surface area contributed by atoms with Crippen molar-refractivity contribution in [2.75, 3.05) is 5.32 Å². The Hall–Kier alpha value is -5.05. The molecule has 2 aromatic carbocycles. The van der Waals surface area contributed by atoms with Gasteiger partial charge in [-0.25, -0.2) is 9.67 Å². The number of carbonyl (C=O) groups is 1. The lowest BCUT2D eigenvalue weighted by atomic mass is 10.1. The second-order valence-electron chi connectivity index (χ2n) is 8.20. The van der Waals surface area contributed by atoms with E-state index in [1.54, 1.807) is 18.3 Å². The number of amides is 1. The zero-order chi connectivity index (χ0) is 26.0. The number of halogens is 2. The minimum absolute atomic E-state index is 0.0377. The number of fused-ring (bicyclic) bond motifs is 1. The summed E-state index contributed by atoms with van der Waals surface area (Å²) in [7, 11) is 0. The molecule has 0 spiro atoms. The second kappa shape index (κ2) is 9.54. The predicted octanol–water partition coefficient (Wildman–Crippen LogP) is 3.90. The number of anilines is 2. The van der Waals surface area contributed by atoms with Gasteiger partial charge in [0, 0.05) is 30.4 Å². The molecular weight excluding hydrogens is 484 g/mol. The molecule has 0 saturated heterocycles.